The lowest BCUT2D eigenvalue weighted by atomic mass is 10.2. The first kappa shape index (κ1) is 16.8. The highest BCUT2D eigenvalue weighted by Gasteiger charge is 2.17. The van der Waals surface area contributed by atoms with Gasteiger partial charge in [-0.1, -0.05) is 12.1 Å². The van der Waals surface area contributed by atoms with Gasteiger partial charge in [-0.25, -0.2) is 0 Å². The highest BCUT2D eigenvalue weighted by atomic mass is 35.5. The molecule has 5 nitrogen and oxygen atoms in total. The van der Waals surface area contributed by atoms with E-state index in [2.05, 4.69) is 10.6 Å². The van der Waals surface area contributed by atoms with Crippen molar-refractivity contribution in [2.24, 2.45) is 0 Å². The summed E-state index contributed by atoms with van der Waals surface area (Å²) >= 11 is 0. The molecule has 6 heteroatoms. The lowest BCUT2D eigenvalue weighted by molar-refractivity contribution is -0.115. The Bertz CT molecular complexity index is 423. The maximum absolute atomic E-state index is 11.6. The molecule has 0 radical (unpaired) electrons. The zero-order chi connectivity index (χ0) is 13.5. The van der Waals surface area contributed by atoms with Crippen molar-refractivity contribution < 1.29 is 14.3 Å². The summed E-state index contributed by atoms with van der Waals surface area (Å²) in [5, 5.41) is 5.63. The first-order valence-electron chi connectivity index (χ1n) is 6.57. The van der Waals surface area contributed by atoms with Crippen molar-refractivity contribution in [3.05, 3.63) is 24.3 Å². The number of anilines is 1. The monoisotopic (exact) mass is 300 g/mol. The number of para-hydroxylation sites is 2. The van der Waals surface area contributed by atoms with E-state index in [0.29, 0.717) is 18.0 Å². The Balaban J connectivity index is 0.00000200. The summed E-state index contributed by atoms with van der Waals surface area (Å²) in [4.78, 5) is 11.6. The molecule has 1 aliphatic rings. The Morgan fingerprint density at radius 3 is 2.95 bits per heavy atom. The van der Waals surface area contributed by atoms with E-state index in [1.54, 1.807) is 7.05 Å². The van der Waals surface area contributed by atoms with Gasteiger partial charge in [-0.15, -0.1) is 12.4 Å². The molecule has 2 N–H and O–H groups in total. The van der Waals surface area contributed by atoms with Gasteiger partial charge < -0.3 is 20.1 Å². The van der Waals surface area contributed by atoms with Crippen molar-refractivity contribution in [2.45, 2.75) is 18.9 Å². The van der Waals surface area contributed by atoms with E-state index in [1.807, 2.05) is 24.3 Å². The summed E-state index contributed by atoms with van der Waals surface area (Å²) in [5.41, 5.74) is 0.695. The first-order valence-corrected chi connectivity index (χ1v) is 6.57. The van der Waals surface area contributed by atoms with Crippen molar-refractivity contribution in [1.82, 2.24) is 5.32 Å². The van der Waals surface area contributed by atoms with Crippen LogP contribution in [0.2, 0.25) is 0 Å². The Kier molecular flexibility index (Phi) is 7.36. The van der Waals surface area contributed by atoms with Gasteiger partial charge in [0.25, 0.3) is 0 Å². The fourth-order valence-electron chi connectivity index (χ4n) is 2.01. The van der Waals surface area contributed by atoms with Crippen molar-refractivity contribution in [3.63, 3.8) is 0 Å². The topological polar surface area (TPSA) is 59.6 Å². The fourth-order valence-corrected chi connectivity index (χ4v) is 2.01. The highest BCUT2D eigenvalue weighted by Crippen LogP contribution is 2.24. The van der Waals surface area contributed by atoms with Crippen LogP contribution in [0.3, 0.4) is 0 Å². The molecule has 1 atom stereocenters. The van der Waals surface area contributed by atoms with Crippen molar-refractivity contribution in [3.8, 4) is 5.75 Å². The normalized spacial score (nSPS) is 17.4. The van der Waals surface area contributed by atoms with Crippen LogP contribution in [0.5, 0.6) is 5.75 Å². The number of halogens is 1. The molecule has 0 saturated carbocycles. The van der Waals surface area contributed by atoms with Crippen molar-refractivity contribution in [1.29, 1.82) is 0 Å². The molecule has 1 fully saturated rings. The summed E-state index contributed by atoms with van der Waals surface area (Å²) in [5.74, 6) is 0.595. The van der Waals surface area contributed by atoms with Crippen LogP contribution in [0, 0.1) is 0 Å². The smallest absolute Gasteiger partial charge is 0.238 e. The number of benzene rings is 1. The van der Waals surface area contributed by atoms with Crippen LogP contribution in [0.15, 0.2) is 24.3 Å². The van der Waals surface area contributed by atoms with Gasteiger partial charge in [-0.05, 0) is 32.0 Å². The molecule has 2 rings (SSSR count). The van der Waals surface area contributed by atoms with E-state index in [4.69, 9.17) is 9.47 Å². The zero-order valence-electron chi connectivity index (χ0n) is 11.6. The van der Waals surface area contributed by atoms with Gasteiger partial charge in [-0.3, -0.25) is 4.79 Å². The minimum Gasteiger partial charge on any atom is -0.489 e. The van der Waals surface area contributed by atoms with Crippen LogP contribution in [-0.4, -0.2) is 38.8 Å². The van der Waals surface area contributed by atoms with E-state index >= 15 is 0 Å². The predicted molar refractivity (Wildman–Crippen MR) is 80.7 cm³/mol. The molecule has 1 aliphatic heterocycles. The fraction of sp³-hybridized carbons (Fsp3) is 0.500. The number of hydrogen-bond donors (Lipinski definition) is 2. The third-order valence-electron chi connectivity index (χ3n) is 2.95. The number of carbonyl (C=O) groups is 1. The van der Waals surface area contributed by atoms with Crippen LogP contribution in [-0.2, 0) is 9.53 Å². The number of likely N-dealkylation sites (N-methyl/N-ethyl adjacent to an activating group) is 1. The van der Waals surface area contributed by atoms with Gasteiger partial charge in [0.1, 0.15) is 12.4 Å². The first-order chi connectivity index (χ1) is 9.29. The number of hydrogen-bond acceptors (Lipinski definition) is 4. The molecular weight excluding hydrogens is 280 g/mol. The van der Waals surface area contributed by atoms with E-state index in [9.17, 15) is 4.79 Å². The number of amides is 1. The summed E-state index contributed by atoms with van der Waals surface area (Å²) < 4.78 is 11.3. The average Bonchev–Trinajstić information content (AvgIpc) is 2.91. The largest absolute Gasteiger partial charge is 0.489 e. The van der Waals surface area contributed by atoms with Gasteiger partial charge in [-0.2, -0.15) is 0 Å². The molecule has 1 aromatic carbocycles. The number of ether oxygens (including phenoxy) is 2. The van der Waals surface area contributed by atoms with E-state index in [1.165, 1.54) is 0 Å². The second kappa shape index (κ2) is 8.79. The van der Waals surface area contributed by atoms with Gasteiger partial charge in [0, 0.05) is 6.61 Å². The third kappa shape index (κ3) is 5.00. The number of rotatable bonds is 6. The Hall–Kier alpha value is -1.30. The molecule has 1 amide bonds. The summed E-state index contributed by atoms with van der Waals surface area (Å²) in [6, 6.07) is 7.44. The molecule has 1 saturated heterocycles. The molecule has 0 aromatic heterocycles. The van der Waals surface area contributed by atoms with Gasteiger partial charge in [0.05, 0.1) is 18.3 Å². The summed E-state index contributed by atoms with van der Waals surface area (Å²) in [6.07, 6.45) is 2.30. The molecule has 0 spiro atoms. The molecule has 20 heavy (non-hydrogen) atoms. The Labute approximate surface area is 125 Å². The molecule has 1 heterocycles. The molecule has 112 valence electrons. The van der Waals surface area contributed by atoms with Crippen molar-refractivity contribution >= 4 is 24.0 Å². The van der Waals surface area contributed by atoms with Crippen LogP contribution < -0.4 is 15.4 Å². The molecular formula is C14H21ClN2O3. The highest BCUT2D eigenvalue weighted by molar-refractivity contribution is 5.93. The number of nitrogens with one attached hydrogen (secondary N) is 2. The van der Waals surface area contributed by atoms with Crippen LogP contribution >= 0.6 is 12.4 Å². The van der Waals surface area contributed by atoms with Gasteiger partial charge in [0.15, 0.2) is 0 Å². The summed E-state index contributed by atoms with van der Waals surface area (Å²) in [6.45, 7) is 1.62. The maximum atomic E-state index is 11.6. The molecule has 0 aliphatic carbocycles. The maximum Gasteiger partial charge on any atom is 0.238 e. The van der Waals surface area contributed by atoms with Gasteiger partial charge in [0.2, 0.25) is 5.91 Å². The molecule has 1 unspecified atom stereocenters. The van der Waals surface area contributed by atoms with Crippen LogP contribution in [0.1, 0.15) is 12.8 Å². The zero-order valence-corrected chi connectivity index (χ0v) is 12.4. The Morgan fingerprint density at radius 1 is 1.45 bits per heavy atom. The SMILES string of the molecule is CNCC(=O)Nc1ccccc1OCC1CCCO1.Cl. The van der Waals surface area contributed by atoms with E-state index in [0.717, 1.165) is 19.4 Å². The number of carbonyl (C=O) groups excluding carboxylic acids is 1. The molecule has 0 bridgehead atoms. The second-order valence-corrected chi connectivity index (χ2v) is 4.52. The predicted octanol–water partition coefficient (Wildman–Crippen LogP) is 1.82. The van der Waals surface area contributed by atoms with Crippen LogP contribution in [0.25, 0.3) is 0 Å². The minimum absolute atomic E-state index is 0. The minimum atomic E-state index is -0.0873. The molecule has 1 aromatic rings. The van der Waals surface area contributed by atoms with E-state index < -0.39 is 0 Å². The van der Waals surface area contributed by atoms with E-state index in [-0.39, 0.29) is 31.0 Å². The quantitative estimate of drug-likeness (QED) is 0.841. The average molecular weight is 301 g/mol. The lowest BCUT2D eigenvalue weighted by Crippen LogP contribution is -2.25. The standard InChI is InChI=1S/C14H20N2O3.ClH/c1-15-9-14(17)16-12-6-2-3-7-13(12)19-10-11-5-4-8-18-11;/h2-3,6-7,11,15H,4-5,8-10H2,1H3,(H,16,17);1H. The van der Waals surface area contributed by atoms with Gasteiger partial charge >= 0.3 is 0 Å². The summed E-state index contributed by atoms with van der Waals surface area (Å²) in [7, 11) is 1.74. The van der Waals surface area contributed by atoms with Crippen molar-refractivity contribution in [2.75, 3.05) is 32.1 Å². The third-order valence-corrected chi connectivity index (χ3v) is 2.95. The Morgan fingerprint density at radius 2 is 2.25 bits per heavy atom. The lowest BCUT2D eigenvalue weighted by Gasteiger charge is -2.15. The van der Waals surface area contributed by atoms with Crippen LogP contribution in [0.4, 0.5) is 5.69 Å². The second-order valence-electron chi connectivity index (χ2n) is 4.52.